The lowest BCUT2D eigenvalue weighted by molar-refractivity contribution is 0.269. The van der Waals surface area contributed by atoms with Crippen molar-refractivity contribution >= 4 is 5.69 Å². The lowest BCUT2D eigenvalue weighted by Gasteiger charge is -2.26. The van der Waals surface area contributed by atoms with Gasteiger partial charge >= 0.3 is 0 Å². The molecule has 126 valence electrons. The highest BCUT2D eigenvalue weighted by atomic mass is 16.3. The van der Waals surface area contributed by atoms with Crippen LogP contribution in [0.25, 0.3) is 0 Å². The predicted molar refractivity (Wildman–Crippen MR) is 93.8 cm³/mol. The maximum Gasteiger partial charge on any atom is 0.126 e. The Morgan fingerprint density at radius 3 is 2.61 bits per heavy atom. The van der Waals surface area contributed by atoms with Gasteiger partial charge in [-0.2, -0.15) is 0 Å². The molecule has 2 heterocycles. The second-order valence-corrected chi connectivity index (χ2v) is 7.65. The lowest BCUT2D eigenvalue weighted by Crippen LogP contribution is -2.28. The number of nitroso groups, excluding NO2 is 1. The van der Waals surface area contributed by atoms with E-state index in [2.05, 4.69) is 28.9 Å². The van der Waals surface area contributed by atoms with Crippen LogP contribution in [-0.2, 0) is 0 Å². The van der Waals surface area contributed by atoms with Crippen LogP contribution in [0.2, 0.25) is 0 Å². The molecule has 1 saturated heterocycles. The van der Waals surface area contributed by atoms with Crippen molar-refractivity contribution in [3.8, 4) is 0 Å². The third-order valence-corrected chi connectivity index (χ3v) is 5.96. The smallest absolute Gasteiger partial charge is 0.126 e. The first kappa shape index (κ1) is 16.6. The van der Waals surface area contributed by atoms with Crippen molar-refractivity contribution < 1.29 is 0 Å². The Kier molecular flexibility index (Phi) is 5.42. The molecule has 1 aliphatic heterocycles. The van der Waals surface area contributed by atoms with Crippen LogP contribution < -0.4 is 0 Å². The second kappa shape index (κ2) is 7.52. The fraction of sp³-hybridized carbons (Fsp3) is 0.737. The zero-order valence-corrected chi connectivity index (χ0v) is 14.4. The second-order valence-electron chi connectivity index (χ2n) is 7.65. The standard InChI is InChI=1S/C19H29N3O/c1-3-14(2)9-17(19-8-7-18(21-23)10-20-19)13-22-11-15-5-4-6-16(15)12-22/h7-8,10,14-17H,3-6,9,11-13H2,1-2H3/t14?,15?,16?,17-/m0/s1. The molecule has 0 bridgehead atoms. The lowest BCUT2D eigenvalue weighted by atomic mass is 9.90. The van der Waals surface area contributed by atoms with Gasteiger partial charge in [-0.15, -0.1) is 4.91 Å². The van der Waals surface area contributed by atoms with Gasteiger partial charge in [0, 0.05) is 31.2 Å². The SMILES string of the molecule is CCC(C)C[C@@H](CN1CC2CCCC2C1)c1ccc(N=O)cn1. The minimum atomic E-state index is 0.423. The van der Waals surface area contributed by atoms with Crippen LogP contribution in [0.5, 0.6) is 0 Å². The molecule has 3 unspecified atom stereocenters. The molecule has 0 spiro atoms. The van der Waals surface area contributed by atoms with Crippen molar-refractivity contribution in [3.63, 3.8) is 0 Å². The third kappa shape index (κ3) is 3.97. The monoisotopic (exact) mass is 315 g/mol. The average molecular weight is 315 g/mol. The Labute approximate surface area is 139 Å². The Balaban J connectivity index is 1.68. The molecule has 1 saturated carbocycles. The number of pyridine rings is 1. The van der Waals surface area contributed by atoms with Crippen molar-refractivity contribution in [3.05, 3.63) is 28.9 Å². The van der Waals surface area contributed by atoms with Gasteiger partial charge in [-0.05, 0) is 54.3 Å². The van der Waals surface area contributed by atoms with Gasteiger partial charge in [0.25, 0.3) is 0 Å². The van der Waals surface area contributed by atoms with Gasteiger partial charge in [0.05, 0.1) is 6.20 Å². The summed E-state index contributed by atoms with van der Waals surface area (Å²) < 4.78 is 0. The summed E-state index contributed by atoms with van der Waals surface area (Å²) in [5, 5.41) is 2.97. The molecule has 0 aromatic carbocycles. The molecule has 1 aromatic heterocycles. The number of aromatic nitrogens is 1. The zero-order valence-electron chi connectivity index (χ0n) is 14.4. The van der Waals surface area contributed by atoms with Gasteiger partial charge in [-0.25, -0.2) is 0 Å². The molecule has 0 radical (unpaired) electrons. The molecule has 4 heteroatoms. The van der Waals surface area contributed by atoms with E-state index in [9.17, 15) is 4.91 Å². The number of likely N-dealkylation sites (tertiary alicyclic amines) is 1. The zero-order chi connectivity index (χ0) is 16.2. The summed E-state index contributed by atoms with van der Waals surface area (Å²) in [7, 11) is 0. The van der Waals surface area contributed by atoms with E-state index < -0.39 is 0 Å². The van der Waals surface area contributed by atoms with Crippen LogP contribution in [0.4, 0.5) is 5.69 Å². The predicted octanol–water partition coefficient (Wildman–Crippen LogP) is 4.73. The van der Waals surface area contributed by atoms with E-state index in [1.807, 2.05) is 6.07 Å². The Morgan fingerprint density at radius 1 is 1.30 bits per heavy atom. The minimum absolute atomic E-state index is 0.423. The highest BCUT2D eigenvalue weighted by molar-refractivity contribution is 5.34. The van der Waals surface area contributed by atoms with Crippen molar-refractivity contribution in [2.45, 2.75) is 51.9 Å². The third-order valence-electron chi connectivity index (χ3n) is 5.96. The van der Waals surface area contributed by atoms with E-state index in [1.165, 1.54) is 45.2 Å². The summed E-state index contributed by atoms with van der Waals surface area (Å²) in [6.45, 7) is 8.24. The fourth-order valence-corrected chi connectivity index (χ4v) is 4.43. The normalized spacial score (nSPS) is 26.9. The summed E-state index contributed by atoms with van der Waals surface area (Å²) in [5.74, 6) is 3.04. The highest BCUT2D eigenvalue weighted by Gasteiger charge is 2.36. The first-order chi connectivity index (χ1) is 11.2. The molecular weight excluding hydrogens is 286 g/mol. The van der Waals surface area contributed by atoms with E-state index in [0.29, 0.717) is 17.5 Å². The van der Waals surface area contributed by atoms with Crippen LogP contribution in [0.3, 0.4) is 0 Å². The molecule has 4 atom stereocenters. The van der Waals surface area contributed by atoms with Crippen LogP contribution in [0, 0.1) is 22.7 Å². The molecule has 2 fully saturated rings. The average Bonchev–Trinajstić information content (AvgIpc) is 3.15. The van der Waals surface area contributed by atoms with Crippen LogP contribution in [0.1, 0.15) is 57.6 Å². The van der Waals surface area contributed by atoms with Gasteiger partial charge < -0.3 is 4.90 Å². The van der Waals surface area contributed by atoms with Gasteiger partial charge in [-0.1, -0.05) is 26.7 Å². The van der Waals surface area contributed by atoms with E-state index >= 15 is 0 Å². The van der Waals surface area contributed by atoms with E-state index in [0.717, 1.165) is 24.1 Å². The summed E-state index contributed by atoms with van der Waals surface area (Å²) in [4.78, 5) is 17.8. The van der Waals surface area contributed by atoms with Crippen molar-refractivity contribution in [1.82, 2.24) is 9.88 Å². The maximum atomic E-state index is 10.6. The summed E-state index contributed by atoms with van der Waals surface area (Å²) in [6, 6.07) is 3.80. The van der Waals surface area contributed by atoms with Crippen molar-refractivity contribution in [1.29, 1.82) is 0 Å². The van der Waals surface area contributed by atoms with Gasteiger partial charge in [0.1, 0.15) is 5.69 Å². The fourth-order valence-electron chi connectivity index (χ4n) is 4.43. The molecular formula is C19H29N3O. The number of rotatable bonds is 7. The number of hydrogen-bond acceptors (Lipinski definition) is 4. The quantitative estimate of drug-likeness (QED) is 0.683. The van der Waals surface area contributed by atoms with E-state index in [4.69, 9.17) is 0 Å². The first-order valence-corrected chi connectivity index (χ1v) is 9.21. The maximum absolute atomic E-state index is 10.6. The molecule has 1 aromatic rings. The first-order valence-electron chi connectivity index (χ1n) is 9.21. The molecule has 0 amide bonds. The van der Waals surface area contributed by atoms with E-state index in [1.54, 1.807) is 12.3 Å². The minimum Gasteiger partial charge on any atom is -0.302 e. The summed E-state index contributed by atoms with van der Waals surface area (Å²) in [6.07, 6.45) is 8.27. The number of hydrogen-bond donors (Lipinski definition) is 0. The Hall–Kier alpha value is -1.29. The highest BCUT2D eigenvalue weighted by Crippen LogP contribution is 2.39. The topological polar surface area (TPSA) is 45.6 Å². The Bertz CT molecular complexity index is 504. The molecule has 1 aliphatic carbocycles. The summed E-state index contributed by atoms with van der Waals surface area (Å²) in [5.41, 5.74) is 1.54. The molecule has 0 N–H and O–H groups in total. The van der Waals surface area contributed by atoms with Crippen LogP contribution in [0.15, 0.2) is 23.5 Å². The van der Waals surface area contributed by atoms with Crippen molar-refractivity contribution in [2.24, 2.45) is 22.9 Å². The van der Waals surface area contributed by atoms with Gasteiger partial charge in [0.2, 0.25) is 0 Å². The van der Waals surface area contributed by atoms with Crippen LogP contribution in [-0.4, -0.2) is 29.5 Å². The Morgan fingerprint density at radius 2 is 2.04 bits per heavy atom. The molecule has 2 aliphatic rings. The summed E-state index contributed by atoms with van der Waals surface area (Å²) >= 11 is 0. The number of nitrogens with zero attached hydrogens (tertiary/aromatic N) is 3. The van der Waals surface area contributed by atoms with Gasteiger partial charge in [0.15, 0.2) is 0 Å². The molecule has 4 nitrogen and oxygen atoms in total. The van der Waals surface area contributed by atoms with Crippen molar-refractivity contribution in [2.75, 3.05) is 19.6 Å². The van der Waals surface area contributed by atoms with E-state index in [-0.39, 0.29) is 0 Å². The van der Waals surface area contributed by atoms with Gasteiger partial charge in [-0.3, -0.25) is 4.98 Å². The molecule has 23 heavy (non-hydrogen) atoms. The molecule has 3 rings (SSSR count). The largest absolute Gasteiger partial charge is 0.302 e. The number of fused-ring (bicyclic) bond motifs is 1. The van der Waals surface area contributed by atoms with Crippen LogP contribution >= 0.6 is 0 Å².